The van der Waals surface area contributed by atoms with Crippen LogP contribution in [0.3, 0.4) is 0 Å². The lowest BCUT2D eigenvalue weighted by Crippen LogP contribution is -2.68. The van der Waals surface area contributed by atoms with Crippen molar-refractivity contribution in [1.82, 2.24) is 15.5 Å². The molecule has 2 aliphatic heterocycles. The highest BCUT2D eigenvalue weighted by Gasteiger charge is 2.38. The summed E-state index contributed by atoms with van der Waals surface area (Å²) in [6.07, 6.45) is 3.08. The Morgan fingerprint density at radius 2 is 1.87 bits per heavy atom. The van der Waals surface area contributed by atoms with Crippen LogP contribution < -0.4 is 20.1 Å². The zero-order chi connectivity index (χ0) is 16.2. The van der Waals surface area contributed by atoms with Gasteiger partial charge >= 0.3 is 0 Å². The predicted molar refractivity (Wildman–Crippen MR) is 81.8 cm³/mol. The molecule has 0 bridgehead atoms. The second-order valence-corrected chi connectivity index (χ2v) is 4.91. The molecule has 0 aromatic heterocycles. The molecule has 1 aromatic carbocycles. The maximum atomic E-state index is 12.2. The lowest BCUT2D eigenvalue weighted by atomic mass is 10.2. The van der Waals surface area contributed by atoms with Gasteiger partial charge in [0.25, 0.3) is 17.9 Å². The van der Waals surface area contributed by atoms with Crippen LogP contribution >= 0.6 is 0 Å². The van der Waals surface area contributed by atoms with E-state index in [9.17, 15) is 9.59 Å². The normalized spacial score (nSPS) is 23.3. The molecule has 8 heteroatoms. The Kier molecular flexibility index (Phi) is 4.13. The summed E-state index contributed by atoms with van der Waals surface area (Å²) in [5.41, 5.74) is 0. The van der Waals surface area contributed by atoms with Crippen molar-refractivity contribution in [2.45, 2.75) is 12.4 Å². The number of rotatable bonds is 4. The fourth-order valence-corrected chi connectivity index (χ4v) is 2.27. The Bertz CT molecular complexity index is 655. The van der Waals surface area contributed by atoms with Crippen molar-refractivity contribution in [2.75, 3.05) is 13.7 Å². The number of para-hydroxylation sites is 2. The Labute approximate surface area is 132 Å². The third-order valence-corrected chi connectivity index (χ3v) is 3.40. The predicted octanol–water partition coefficient (Wildman–Crippen LogP) is -0.170. The van der Waals surface area contributed by atoms with Crippen molar-refractivity contribution in [2.24, 2.45) is 4.99 Å². The van der Waals surface area contributed by atoms with Crippen molar-refractivity contribution in [1.29, 1.82) is 0 Å². The fraction of sp³-hybridized carbons (Fsp3) is 0.267. The van der Waals surface area contributed by atoms with Crippen LogP contribution in [0.1, 0.15) is 0 Å². The minimum Gasteiger partial charge on any atom is -0.493 e. The SMILES string of the molecule is COc1ccccc1OC1C(=O)NC(N2C=NC=CC2)NC1=O. The molecule has 120 valence electrons. The lowest BCUT2D eigenvalue weighted by Gasteiger charge is -2.36. The van der Waals surface area contributed by atoms with Gasteiger partial charge in [0.1, 0.15) is 0 Å². The van der Waals surface area contributed by atoms with E-state index in [-0.39, 0.29) is 0 Å². The summed E-state index contributed by atoms with van der Waals surface area (Å²) in [7, 11) is 1.49. The molecule has 2 aliphatic rings. The first-order valence-electron chi connectivity index (χ1n) is 7.03. The van der Waals surface area contributed by atoms with Crippen molar-refractivity contribution in [3.63, 3.8) is 0 Å². The summed E-state index contributed by atoms with van der Waals surface area (Å²) in [5.74, 6) is -0.269. The van der Waals surface area contributed by atoms with Crippen molar-refractivity contribution < 1.29 is 19.1 Å². The van der Waals surface area contributed by atoms with E-state index >= 15 is 0 Å². The fourth-order valence-electron chi connectivity index (χ4n) is 2.27. The molecule has 0 unspecified atom stereocenters. The van der Waals surface area contributed by atoms with E-state index in [2.05, 4.69) is 15.6 Å². The summed E-state index contributed by atoms with van der Waals surface area (Å²) in [6, 6.07) is 6.82. The Balaban J connectivity index is 1.71. The van der Waals surface area contributed by atoms with Gasteiger partial charge in [-0.15, -0.1) is 0 Å². The van der Waals surface area contributed by atoms with Crippen molar-refractivity contribution in [3.8, 4) is 11.5 Å². The summed E-state index contributed by atoms with van der Waals surface area (Å²) >= 11 is 0. The van der Waals surface area contributed by atoms with Gasteiger partial charge < -0.3 is 25.0 Å². The molecule has 0 spiro atoms. The van der Waals surface area contributed by atoms with Crippen LogP contribution in [0.15, 0.2) is 41.5 Å². The highest BCUT2D eigenvalue weighted by Crippen LogP contribution is 2.27. The van der Waals surface area contributed by atoms with Crippen LogP contribution in [0.2, 0.25) is 0 Å². The molecule has 0 aliphatic carbocycles. The van der Waals surface area contributed by atoms with Gasteiger partial charge in [0.05, 0.1) is 13.4 Å². The van der Waals surface area contributed by atoms with Crippen LogP contribution in [0.25, 0.3) is 0 Å². The van der Waals surface area contributed by atoms with Gasteiger partial charge in [-0.1, -0.05) is 12.1 Å². The molecule has 8 nitrogen and oxygen atoms in total. The number of aliphatic imine (C=N–C) groups is 1. The summed E-state index contributed by atoms with van der Waals surface area (Å²) < 4.78 is 10.7. The number of carbonyl (C=O) groups excluding carboxylic acids is 2. The first-order valence-corrected chi connectivity index (χ1v) is 7.03. The van der Waals surface area contributed by atoms with Gasteiger partial charge in [-0.05, 0) is 18.2 Å². The average molecular weight is 316 g/mol. The monoisotopic (exact) mass is 316 g/mol. The van der Waals surface area contributed by atoms with Gasteiger partial charge in [-0.25, -0.2) is 4.99 Å². The van der Waals surface area contributed by atoms with Gasteiger partial charge in [0.2, 0.25) is 0 Å². The molecule has 2 N–H and O–H groups in total. The van der Waals surface area contributed by atoms with Gasteiger partial charge in [0, 0.05) is 12.7 Å². The molecular formula is C15H16N4O4. The summed E-state index contributed by atoms with van der Waals surface area (Å²) in [4.78, 5) is 30.1. The molecule has 1 saturated heterocycles. The van der Waals surface area contributed by atoms with E-state index in [1.165, 1.54) is 7.11 Å². The molecule has 3 rings (SSSR count). The molecule has 0 radical (unpaired) electrons. The standard InChI is InChI=1S/C15H16N4O4/c1-22-10-5-2-3-6-11(10)23-12-13(20)17-15(18-14(12)21)19-8-4-7-16-9-19/h2-7,9,12,15H,8H2,1H3,(H,17,20)(H,18,21). The zero-order valence-corrected chi connectivity index (χ0v) is 12.4. The summed E-state index contributed by atoms with van der Waals surface area (Å²) in [5, 5.41) is 5.38. The number of hydrogen-bond donors (Lipinski definition) is 2. The van der Waals surface area contributed by atoms with Crippen LogP contribution in [0, 0.1) is 0 Å². The summed E-state index contributed by atoms with van der Waals surface area (Å²) in [6.45, 7) is 0.534. The maximum Gasteiger partial charge on any atom is 0.274 e. The number of ether oxygens (including phenoxy) is 2. The minimum absolute atomic E-state index is 0.325. The topological polar surface area (TPSA) is 92.3 Å². The Morgan fingerprint density at radius 1 is 1.17 bits per heavy atom. The third kappa shape index (κ3) is 3.10. The molecule has 23 heavy (non-hydrogen) atoms. The first kappa shape index (κ1) is 14.9. The van der Waals surface area contributed by atoms with E-state index in [4.69, 9.17) is 9.47 Å². The van der Waals surface area contributed by atoms with Gasteiger partial charge in [-0.2, -0.15) is 0 Å². The van der Waals surface area contributed by atoms with Crippen molar-refractivity contribution >= 4 is 18.2 Å². The van der Waals surface area contributed by atoms with E-state index in [0.29, 0.717) is 18.0 Å². The molecule has 0 atom stereocenters. The number of benzene rings is 1. The molecule has 1 aromatic rings. The Hall–Kier alpha value is -3.03. The molecule has 0 saturated carbocycles. The highest BCUT2D eigenvalue weighted by molar-refractivity contribution is 6.06. The van der Waals surface area contributed by atoms with E-state index < -0.39 is 24.2 Å². The molecule has 2 heterocycles. The average Bonchev–Trinajstić information content (AvgIpc) is 2.59. The van der Waals surface area contributed by atoms with Crippen LogP contribution in [0.5, 0.6) is 11.5 Å². The zero-order valence-electron chi connectivity index (χ0n) is 12.4. The van der Waals surface area contributed by atoms with E-state index in [0.717, 1.165) is 0 Å². The number of nitrogens with one attached hydrogen (secondary N) is 2. The Morgan fingerprint density at radius 3 is 2.48 bits per heavy atom. The number of nitrogens with zero attached hydrogens (tertiary/aromatic N) is 2. The van der Waals surface area contributed by atoms with Gasteiger partial charge in [-0.3, -0.25) is 9.59 Å². The van der Waals surface area contributed by atoms with Crippen LogP contribution in [0.4, 0.5) is 0 Å². The number of carbonyl (C=O) groups is 2. The largest absolute Gasteiger partial charge is 0.493 e. The quantitative estimate of drug-likeness (QED) is 0.753. The van der Waals surface area contributed by atoms with Crippen LogP contribution in [-0.2, 0) is 9.59 Å². The number of hydrogen-bond acceptors (Lipinski definition) is 6. The third-order valence-electron chi connectivity index (χ3n) is 3.40. The maximum absolute atomic E-state index is 12.2. The molecule has 1 fully saturated rings. The second-order valence-electron chi connectivity index (χ2n) is 4.91. The minimum atomic E-state index is -1.28. The number of amides is 2. The molecule has 2 amide bonds. The number of methoxy groups -OCH3 is 1. The van der Waals surface area contributed by atoms with E-state index in [1.54, 1.807) is 41.7 Å². The van der Waals surface area contributed by atoms with Crippen LogP contribution in [-0.4, -0.2) is 49.1 Å². The second kappa shape index (κ2) is 6.39. The smallest absolute Gasteiger partial charge is 0.274 e. The van der Waals surface area contributed by atoms with E-state index in [1.807, 2.05) is 6.08 Å². The molecular weight excluding hydrogens is 300 g/mol. The van der Waals surface area contributed by atoms with Gasteiger partial charge in [0.15, 0.2) is 17.8 Å². The van der Waals surface area contributed by atoms with Crippen molar-refractivity contribution in [3.05, 3.63) is 36.5 Å². The highest BCUT2D eigenvalue weighted by atomic mass is 16.5. The first-order chi connectivity index (χ1) is 11.2. The lowest BCUT2D eigenvalue weighted by molar-refractivity contribution is -0.146.